The van der Waals surface area contributed by atoms with Crippen molar-refractivity contribution in [3.8, 4) is 22.4 Å². The molecule has 6 nitrogen and oxygen atoms in total. The number of halogens is 3. The fourth-order valence-electron chi connectivity index (χ4n) is 4.07. The number of benzene rings is 1. The van der Waals surface area contributed by atoms with Crippen molar-refractivity contribution in [3.63, 3.8) is 0 Å². The molecule has 32 heavy (non-hydrogen) atoms. The van der Waals surface area contributed by atoms with Gasteiger partial charge in [0, 0.05) is 53.8 Å². The molecular formula is C23H21F3N6. The summed E-state index contributed by atoms with van der Waals surface area (Å²) in [5, 5.41) is 7.11. The number of piperidine rings is 1. The molecule has 1 atom stereocenters. The zero-order valence-corrected chi connectivity index (χ0v) is 17.1. The Morgan fingerprint density at radius 1 is 1.06 bits per heavy atom. The smallest absolute Gasteiger partial charge is 0.360 e. The Kier molecular flexibility index (Phi) is 5.26. The van der Waals surface area contributed by atoms with E-state index in [9.17, 15) is 13.2 Å². The van der Waals surface area contributed by atoms with Crippen molar-refractivity contribution in [2.24, 2.45) is 0 Å². The Balaban J connectivity index is 1.56. The zero-order valence-electron chi connectivity index (χ0n) is 17.1. The monoisotopic (exact) mass is 438 g/mol. The molecule has 0 aliphatic carbocycles. The van der Waals surface area contributed by atoms with Gasteiger partial charge in [0.2, 0.25) is 5.95 Å². The van der Waals surface area contributed by atoms with Crippen LogP contribution in [0.4, 0.5) is 19.1 Å². The second-order valence-corrected chi connectivity index (χ2v) is 7.84. The number of alkyl halides is 3. The summed E-state index contributed by atoms with van der Waals surface area (Å²) in [6, 6.07) is 9.47. The van der Waals surface area contributed by atoms with Crippen LogP contribution in [0, 0.1) is 0 Å². The maximum absolute atomic E-state index is 13.8. The number of nitrogens with one attached hydrogen (secondary N) is 3. The van der Waals surface area contributed by atoms with Crippen LogP contribution >= 0.6 is 0 Å². The van der Waals surface area contributed by atoms with Crippen LogP contribution in [0.25, 0.3) is 33.3 Å². The van der Waals surface area contributed by atoms with Crippen LogP contribution in [0.2, 0.25) is 0 Å². The second kappa shape index (κ2) is 8.23. The molecule has 1 aliphatic rings. The van der Waals surface area contributed by atoms with Crippen molar-refractivity contribution in [1.29, 1.82) is 0 Å². The molecule has 3 aromatic heterocycles. The topological polar surface area (TPSA) is 78.5 Å². The van der Waals surface area contributed by atoms with Crippen molar-refractivity contribution >= 4 is 16.9 Å². The maximum Gasteiger partial charge on any atom is 0.419 e. The minimum absolute atomic E-state index is 0.0826. The number of anilines is 1. The highest BCUT2D eigenvalue weighted by Gasteiger charge is 2.36. The van der Waals surface area contributed by atoms with Gasteiger partial charge in [-0.25, -0.2) is 9.97 Å². The van der Waals surface area contributed by atoms with Gasteiger partial charge in [-0.2, -0.15) is 13.2 Å². The van der Waals surface area contributed by atoms with Crippen LogP contribution in [0.15, 0.2) is 55.1 Å². The fourth-order valence-corrected chi connectivity index (χ4v) is 4.07. The third kappa shape index (κ3) is 4.03. The molecule has 0 unspecified atom stereocenters. The van der Waals surface area contributed by atoms with Crippen molar-refractivity contribution in [2.75, 3.05) is 18.4 Å². The molecule has 1 saturated heterocycles. The number of pyridine rings is 1. The Morgan fingerprint density at radius 2 is 1.91 bits per heavy atom. The first kappa shape index (κ1) is 20.4. The lowest BCUT2D eigenvalue weighted by molar-refractivity contribution is -0.137. The molecule has 0 spiro atoms. The molecule has 1 aliphatic heterocycles. The summed E-state index contributed by atoms with van der Waals surface area (Å²) in [6.07, 6.45) is 3.18. The van der Waals surface area contributed by atoms with Crippen molar-refractivity contribution in [2.45, 2.75) is 25.1 Å². The Labute approximate surface area is 182 Å². The van der Waals surface area contributed by atoms with E-state index < -0.39 is 11.7 Å². The highest BCUT2D eigenvalue weighted by molar-refractivity contribution is 5.97. The van der Waals surface area contributed by atoms with Crippen LogP contribution in [0.3, 0.4) is 0 Å². The lowest BCUT2D eigenvalue weighted by atomic mass is 10.0. The van der Waals surface area contributed by atoms with E-state index in [0.29, 0.717) is 10.9 Å². The maximum atomic E-state index is 13.8. The van der Waals surface area contributed by atoms with Crippen molar-refractivity contribution in [3.05, 3.63) is 60.7 Å². The minimum Gasteiger partial charge on any atom is -0.360 e. The second-order valence-electron chi connectivity index (χ2n) is 7.84. The van der Waals surface area contributed by atoms with Crippen molar-refractivity contribution < 1.29 is 13.2 Å². The van der Waals surface area contributed by atoms with Gasteiger partial charge in [0.1, 0.15) is 5.56 Å². The first-order valence-corrected chi connectivity index (χ1v) is 10.4. The average Bonchev–Trinajstić information content (AvgIpc) is 3.23. The summed E-state index contributed by atoms with van der Waals surface area (Å²) in [5.74, 6) is 0.199. The predicted octanol–water partition coefficient (Wildman–Crippen LogP) is 4.87. The lowest BCUT2D eigenvalue weighted by Gasteiger charge is -2.24. The highest BCUT2D eigenvalue weighted by atomic mass is 19.4. The third-order valence-electron chi connectivity index (χ3n) is 5.67. The van der Waals surface area contributed by atoms with Gasteiger partial charge in [0.15, 0.2) is 0 Å². The summed E-state index contributed by atoms with van der Waals surface area (Å²) in [5.41, 5.74) is 2.04. The molecule has 3 N–H and O–H groups in total. The van der Waals surface area contributed by atoms with Gasteiger partial charge in [0.25, 0.3) is 0 Å². The zero-order chi connectivity index (χ0) is 22.1. The molecule has 0 radical (unpaired) electrons. The standard InChI is InChI=1S/C23H21F3N6/c24-23(25,26)19-13-30-22(31-16-2-1-7-28-11-16)32-21(19)18-12-29-20-10-15(3-4-17(18)20)14-5-8-27-9-6-14/h3-6,8-10,12-13,16,28-29H,1-2,7,11H2,(H,30,31,32)/t16-/m0/s1. The molecule has 4 aromatic rings. The molecular weight excluding hydrogens is 417 g/mol. The highest BCUT2D eigenvalue weighted by Crippen LogP contribution is 2.39. The van der Waals surface area contributed by atoms with Crippen LogP contribution in [-0.2, 0) is 6.18 Å². The summed E-state index contributed by atoms with van der Waals surface area (Å²) < 4.78 is 41.4. The predicted molar refractivity (Wildman–Crippen MR) is 117 cm³/mol. The quantitative estimate of drug-likeness (QED) is 0.424. The van der Waals surface area contributed by atoms with E-state index in [4.69, 9.17) is 0 Å². The first-order valence-electron chi connectivity index (χ1n) is 10.4. The summed E-state index contributed by atoms with van der Waals surface area (Å²) in [6.45, 7) is 1.67. The van der Waals surface area contributed by atoms with Gasteiger partial charge >= 0.3 is 6.18 Å². The SMILES string of the molecule is FC(F)(F)c1cnc(N[C@H]2CCCNC2)nc1-c1c[nH]c2cc(-c3ccncc3)ccc12. The van der Waals surface area contributed by atoms with E-state index in [1.54, 1.807) is 18.6 Å². The molecule has 1 fully saturated rings. The molecule has 0 bridgehead atoms. The molecule has 0 amide bonds. The molecule has 5 rings (SSSR count). The molecule has 164 valence electrons. The van der Waals surface area contributed by atoms with Crippen LogP contribution in [-0.4, -0.2) is 39.1 Å². The van der Waals surface area contributed by atoms with Crippen LogP contribution in [0.1, 0.15) is 18.4 Å². The number of hydrogen-bond acceptors (Lipinski definition) is 5. The summed E-state index contributed by atoms with van der Waals surface area (Å²) in [7, 11) is 0. The van der Waals surface area contributed by atoms with Gasteiger partial charge in [-0.1, -0.05) is 12.1 Å². The summed E-state index contributed by atoms with van der Waals surface area (Å²) in [4.78, 5) is 15.4. The van der Waals surface area contributed by atoms with E-state index in [1.165, 1.54) is 0 Å². The van der Waals surface area contributed by atoms with E-state index >= 15 is 0 Å². The molecule has 0 saturated carbocycles. The van der Waals surface area contributed by atoms with Gasteiger partial charge in [-0.05, 0) is 48.7 Å². The summed E-state index contributed by atoms with van der Waals surface area (Å²) >= 11 is 0. The Hall–Kier alpha value is -3.46. The average molecular weight is 438 g/mol. The lowest BCUT2D eigenvalue weighted by Crippen LogP contribution is -2.38. The first-order chi connectivity index (χ1) is 15.5. The Bertz CT molecular complexity index is 1230. The van der Waals surface area contributed by atoms with Crippen molar-refractivity contribution in [1.82, 2.24) is 25.3 Å². The number of aromatic nitrogens is 4. The number of aromatic amines is 1. The molecule has 4 heterocycles. The van der Waals surface area contributed by atoms with E-state index in [-0.39, 0.29) is 17.7 Å². The van der Waals surface area contributed by atoms with Crippen LogP contribution < -0.4 is 10.6 Å². The largest absolute Gasteiger partial charge is 0.419 e. The number of H-pyrrole nitrogens is 1. The normalized spacial score (nSPS) is 16.9. The van der Waals surface area contributed by atoms with Crippen LogP contribution in [0.5, 0.6) is 0 Å². The molecule has 1 aromatic carbocycles. The number of nitrogens with zero attached hydrogens (tertiary/aromatic N) is 3. The fraction of sp³-hybridized carbons (Fsp3) is 0.261. The Morgan fingerprint density at radius 3 is 2.66 bits per heavy atom. The van der Waals surface area contributed by atoms with Gasteiger partial charge < -0.3 is 15.6 Å². The van der Waals surface area contributed by atoms with Gasteiger partial charge in [-0.3, -0.25) is 4.98 Å². The van der Waals surface area contributed by atoms with E-state index in [2.05, 4.69) is 30.6 Å². The minimum atomic E-state index is -4.57. The number of fused-ring (bicyclic) bond motifs is 1. The number of hydrogen-bond donors (Lipinski definition) is 3. The van der Waals surface area contributed by atoms with E-state index in [1.807, 2.05) is 30.3 Å². The molecule has 9 heteroatoms. The van der Waals surface area contributed by atoms with Gasteiger partial charge in [0.05, 0.1) is 5.69 Å². The van der Waals surface area contributed by atoms with E-state index in [0.717, 1.165) is 48.8 Å². The third-order valence-corrected chi connectivity index (χ3v) is 5.67. The number of rotatable bonds is 4. The van der Waals surface area contributed by atoms with Gasteiger partial charge in [-0.15, -0.1) is 0 Å².